The van der Waals surface area contributed by atoms with E-state index in [0.717, 1.165) is 37.7 Å². The van der Waals surface area contributed by atoms with E-state index in [0.29, 0.717) is 5.96 Å². The molecule has 19 heavy (non-hydrogen) atoms. The molecule has 0 spiro atoms. The fraction of sp³-hybridized carbons (Fsp3) is 0.714. The summed E-state index contributed by atoms with van der Waals surface area (Å²) in [7, 11) is 0. The number of piperidine rings is 1. The number of thiazole rings is 1. The lowest BCUT2D eigenvalue weighted by atomic mass is 10.0. The van der Waals surface area contributed by atoms with Gasteiger partial charge in [0.1, 0.15) is 0 Å². The minimum Gasteiger partial charge on any atom is -0.370 e. The number of guanidine groups is 1. The number of hydrogen-bond acceptors (Lipinski definition) is 3. The summed E-state index contributed by atoms with van der Waals surface area (Å²) < 4.78 is 0. The third-order valence-electron chi connectivity index (χ3n) is 3.65. The summed E-state index contributed by atoms with van der Waals surface area (Å²) in [6.45, 7) is 9.29. The standard InChI is InChI=1S/C14H24N4S/c1-10-5-4-8-18(9-10)14(15)16-7-6-13-17-11(2)12(3)19-13/h10H,4-9H2,1-3H3,(H2,15,16). The molecule has 0 amide bonds. The number of aliphatic imine (C=N–C) groups is 1. The predicted molar refractivity (Wildman–Crippen MR) is 81.8 cm³/mol. The van der Waals surface area contributed by atoms with Crippen LogP contribution in [0, 0.1) is 19.8 Å². The lowest BCUT2D eigenvalue weighted by Crippen LogP contribution is -2.43. The molecule has 106 valence electrons. The summed E-state index contributed by atoms with van der Waals surface area (Å²) in [5.41, 5.74) is 7.21. The normalized spacial score (nSPS) is 20.9. The van der Waals surface area contributed by atoms with Crippen LogP contribution in [0.25, 0.3) is 0 Å². The van der Waals surface area contributed by atoms with Crippen molar-refractivity contribution in [1.82, 2.24) is 9.88 Å². The lowest BCUT2D eigenvalue weighted by molar-refractivity contribution is 0.270. The van der Waals surface area contributed by atoms with Crippen LogP contribution >= 0.6 is 11.3 Å². The first kappa shape index (κ1) is 14.3. The van der Waals surface area contributed by atoms with E-state index < -0.39 is 0 Å². The second-order valence-electron chi connectivity index (χ2n) is 5.43. The van der Waals surface area contributed by atoms with E-state index >= 15 is 0 Å². The van der Waals surface area contributed by atoms with Gasteiger partial charge in [-0.1, -0.05) is 6.92 Å². The summed E-state index contributed by atoms with van der Waals surface area (Å²) in [6, 6.07) is 0. The zero-order valence-corrected chi connectivity index (χ0v) is 13.0. The van der Waals surface area contributed by atoms with E-state index in [4.69, 9.17) is 5.73 Å². The van der Waals surface area contributed by atoms with E-state index in [2.05, 4.69) is 35.6 Å². The molecule has 4 nitrogen and oxygen atoms in total. The highest BCUT2D eigenvalue weighted by molar-refractivity contribution is 7.11. The minimum atomic E-state index is 0.705. The topological polar surface area (TPSA) is 54.5 Å². The van der Waals surface area contributed by atoms with Crippen molar-refractivity contribution in [1.29, 1.82) is 0 Å². The Morgan fingerprint density at radius 1 is 1.53 bits per heavy atom. The molecule has 2 N–H and O–H groups in total. The third kappa shape index (κ3) is 3.93. The van der Waals surface area contributed by atoms with Gasteiger partial charge in [0.25, 0.3) is 0 Å². The first-order valence-corrected chi connectivity index (χ1v) is 7.85. The fourth-order valence-corrected chi connectivity index (χ4v) is 3.33. The van der Waals surface area contributed by atoms with Gasteiger partial charge < -0.3 is 10.6 Å². The summed E-state index contributed by atoms with van der Waals surface area (Å²) in [5, 5.41) is 1.17. The molecule has 0 saturated carbocycles. The number of aryl methyl sites for hydroxylation is 2. The molecule has 1 aromatic heterocycles. The number of likely N-dealkylation sites (tertiary alicyclic amines) is 1. The molecule has 1 fully saturated rings. The second kappa shape index (κ2) is 6.37. The van der Waals surface area contributed by atoms with Crippen LogP contribution in [0.2, 0.25) is 0 Å². The van der Waals surface area contributed by atoms with Gasteiger partial charge in [0.15, 0.2) is 5.96 Å². The largest absolute Gasteiger partial charge is 0.370 e. The quantitative estimate of drug-likeness (QED) is 0.683. The molecule has 0 radical (unpaired) electrons. The molecule has 0 aromatic carbocycles. The van der Waals surface area contributed by atoms with E-state index in [1.54, 1.807) is 11.3 Å². The van der Waals surface area contributed by atoms with Crippen LogP contribution in [0.3, 0.4) is 0 Å². The minimum absolute atomic E-state index is 0.705. The van der Waals surface area contributed by atoms with Crippen molar-refractivity contribution >= 4 is 17.3 Å². The summed E-state index contributed by atoms with van der Waals surface area (Å²) >= 11 is 1.77. The van der Waals surface area contributed by atoms with Gasteiger partial charge in [0.2, 0.25) is 0 Å². The molecule has 1 atom stereocenters. The van der Waals surface area contributed by atoms with Gasteiger partial charge in [-0.2, -0.15) is 0 Å². The summed E-state index contributed by atoms with van der Waals surface area (Å²) in [4.78, 5) is 12.5. The first-order valence-electron chi connectivity index (χ1n) is 7.04. The molecule has 2 rings (SSSR count). The second-order valence-corrected chi connectivity index (χ2v) is 6.72. The lowest BCUT2D eigenvalue weighted by Gasteiger charge is -2.31. The summed E-state index contributed by atoms with van der Waals surface area (Å²) in [6.07, 6.45) is 3.42. The molecule has 1 aliphatic rings. The van der Waals surface area contributed by atoms with Crippen LogP contribution in [0.1, 0.15) is 35.3 Å². The van der Waals surface area contributed by atoms with Crippen molar-refractivity contribution in [3.63, 3.8) is 0 Å². The van der Waals surface area contributed by atoms with Gasteiger partial charge in [-0.25, -0.2) is 4.98 Å². The fourth-order valence-electron chi connectivity index (χ4n) is 2.41. The number of hydrogen-bond donors (Lipinski definition) is 1. The van der Waals surface area contributed by atoms with E-state index in [1.165, 1.54) is 22.7 Å². The monoisotopic (exact) mass is 280 g/mol. The van der Waals surface area contributed by atoms with Crippen LogP contribution in [0.15, 0.2) is 4.99 Å². The van der Waals surface area contributed by atoms with Crippen LogP contribution in [0.4, 0.5) is 0 Å². The predicted octanol–water partition coefficient (Wildman–Crippen LogP) is 2.35. The average molecular weight is 280 g/mol. The molecule has 2 heterocycles. The maximum atomic E-state index is 6.07. The first-order chi connectivity index (χ1) is 9.06. The molecule has 1 aliphatic heterocycles. The van der Waals surface area contributed by atoms with E-state index in [1.807, 2.05) is 0 Å². The zero-order valence-electron chi connectivity index (χ0n) is 12.1. The molecular formula is C14H24N4S. The molecule has 0 aliphatic carbocycles. The Kier molecular flexibility index (Phi) is 4.80. The number of nitrogens with two attached hydrogens (primary N) is 1. The third-order valence-corrected chi connectivity index (χ3v) is 4.79. The molecule has 1 aromatic rings. The van der Waals surface area contributed by atoms with Crippen LogP contribution in [-0.4, -0.2) is 35.5 Å². The van der Waals surface area contributed by atoms with Gasteiger partial charge in [0.05, 0.1) is 10.7 Å². The highest BCUT2D eigenvalue weighted by Crippen LogP contribution is 2.17. The van der Waals surface area contributed by atoms with Crippen molar-refractivity contribution in [3.8, 4) is 0 Å². The Hall–Kier alpha value is -1.10. The van der Waals surface area contributed by atoms with Crippen molar-refractivity contribution in [2.24, 2.45) is 16.6 Å². The van der Waals surface area contributed by atoms with Crippen LogP contribution < -0.4 is 5.73 Å². The molecule has 1 unspecified atom stereocenters. The van der Waals surface area contributed by atoms with Gasteiger partial charge in [-0.15, -0.1) is 11.3 Å². The van der Waals surface area contributed by atoms with Gasteiger partial charge in [-0.05, 0) is 32.6 Å². The molecular weight excluding hydrogens is 256 g/mol. The van der Waals surface area contributed by atoms with Crippen LogP contribution in [-0.2, 0) is 6.42 Å². The zero-order chi connectivity index (χ0) is 13.8. The maximum Gasteiger partial charge on any atom is 0.191 e. The highest BCUT2D eigenvalue weighted by Gasteiger charge is 2.17. The smallest absolute Gasteiger partial charge is 0.191 e. The SMILES string of the molecule is Cc1nc(CCN=C(N)N2CCCC(C)C2)sc1C. The van der Waals surface area contributed by atoms with Gasteiger partial charge in [0, 0.05) is 30.9 Å². The Balaban J connectivity index is 1.84. The van der Waals surface area contributed by atoms with Gasteiger partial charge >= 0.3 is 0 Å². The Labute approximate surface area is 119 Å². The maximum absolute atomic E-state index is 6.07. The number of nitrogens with zero attached hydrogens (tertiary/aromatic N) is 3. The average Bonchev–Trinajstić information content (AvgIpc) is 2.68. The van der Waals surface area contributed by atoms with Crippen molar-refractivity contribution in [2.75, 3.05) is 19.6 Å². The van der Waals surface area contributed by atoms with Crippen LogP contribution in [0.5, 0.6) is 0 Å². The van der Waals surface area contributed by atoms with E-state index in [-0.39, 0.29) is 0 Å². The Bertz CT molecular complexity index is 433. The molecule has 1 saturated heterocycles. The Morgan fingerprint density at radius 3 is 2.95 bits per heavy atom. The van der Waals surface area contributed by atoms with Crippen molar-refractivity contribution in [3.05, 3.63) is 15.6 Å². The van der Waals surface area contributed by atoms with Crippen molar-refractivity contribution in [2.45, 2.75) is 40.0 Å². The number of rotatable bonds is 3. The van der Waals surface area contributed by atoms with Gasteiger partial charge in [-0.3, -0.25) is 4.99 Å². The molecule has 5 heteroatoms. The summed E-state index contributed by atoms with van der Waals surface area (Å²) in [5.74, 6) is 1.43. The molecule has 0 bridgehead atoms. The number of aromatic nitrogens is 1. The highest BCUT2D eigenvalue weighted by atomic mass is 32.1. The van der Waals surface area contributed by atoms with Crippen molar-refractivity contribution < 1.29 is 0 Å². The van der Waals surface area contributed by atoms with E-state index in [9.17, 15) is 0 Å². The Morgan fingerprint density at radius 2 is 2.32 bits per heavy atom.